The maximum absolute atomic E-state index is 12.3. The van der Waals surface area contributed by atoms with E-state index < -0.39 is 17.6 Å². The van der Waals surface area contributed by atoms with Crippen molar-refractivity contribution in [1.82, 2.24) is 19.3 Å². The third kappa shape index (κ3) is 4.14. The van der Waals surface area contributed by atoms with E-state index in [9.17, 15) is 14.4 Å². The Hall–Kier alpha value is -3.75. The Bertz CT molecular complexity index is 1040. The highest BCUT2D eigenvalue weighted by Crippen LogP contribution is 2.12. The van der Waals surface area contributed by atoms with Crippen LogP contribution in [0, 0.1) is 0 Å². The molecule has 28 heavy (non-hydrogen) atoms. The highest BCUT2D eigenvalue weighted by atomic mass is 16.5. The van der Waals surface area contributed by atoms with Gasteiger partial charge in [0.15, 0.2) is 5.82 Å². The second kappa shape index (κ2) is 8.30. The first-order valence-corrected chi connectivity index (χ1v) is 8.62. The lowest BCUT2D eigenvalue weighted by Gasteiger charge is -2.06. The average molecular weight is 381 g/mol. The van der Waals surface area contributed by atoms with Gasteiger partial charge in [0.1, 0.15) is 12.2 Å². The molecule has 3 rings (SSSR count). The Morgan fingerprint density at radius 1 is 1.14 bits per heavy atom. The van der Waals surface area contributed by atoms with Gasteiger partial charge < -0.3 is 10.1 Å². The Morgan fingerprint density at radius 3 is 2.54 bits per heavy atom. The molecular weight excluding hydrogens is 362 g/mol. The van der Waals surface area contributed by atoms with E-state index in [2.05, 4.69) is 15.4 Å². The number of amides is 1. The number of carbonyl (C=O) groups is 2. The lowest BCUT2D eigenvalue weighted by atomic mass is 10.2. The Balaban J connectivity index is 1.70. The molecule has 0 spiro atoms. The molecule has 0 bridgehead atoms. The predicted octanol–water partition coefficient (Wildman–Crippen LogP) is 1.46. The molecular formula is C19H19N5O4. The minimum absolute atomic E-state index is 0.251. The van der Waals surface area contributed by atoms with Crippen LogP contribution in [0.4, 0.5) is 5.69 Å². The largest absolute Gasteiger partial charge is 0.462 e. The molecule has 0 aliphatic carbocycles. The number of benzene rings is 1. The van der Waals surface area contributed by atoms with Crippen LogP contribution in [0.5, 0.6) is 0 Å². The Kier molecular flexibility index (Phi) is 5.64. The summed E-state index contributed by atoms with van der Waals surface area (Å²) in [6.45, 7) is 1.76. The van der Waals surface area contributed by atoms with E-state index in [-0.39, 0.29) is 13.2 Å². The molecule has 1 aromatic carbocycles. The van der Waals surface area contributed by atoms with Gasteiger partial charge in [-0.15, -0.1) is 5.10 Å². The van der Waals surface area contributed by atoms with Crippen LogP contribution in [0.2, 0.25) is 0 Å². The average Bonchev–Trinajstić information content (AvgIpc) is 2.98. The molecule has 0 saturated carbocycles. The van der Waals surface area contributed by atoms with Gasteiger partial charge in [-0.25, -0.2) is 14.3 Å². The second-order valence-corrected chi connectivity index (χ2v) is 5.88. The molecule has 0 fully saturated rings. The number of nitrogens with zero attached hydrogens (tertiary/aromatic N) is 4. The minimum atomic E-state index is -0.428. The van der Waals surface area contributed by atoms with E-state index in [1.54, 1.807) is 62.6 Å². The van der Waals surface area contributed by atoms with Crippen LogP contribution in [-0.4, -0.2) is 37.8 Å². The summed E-state index contributed by atoms with van der Waals surface area (Å²) in [6.07, 6.45) is 1.60. The summed E-state index contributed by atoms with van der Waals surface area (Å²) in [6, 6.07) is 11.6. The summed E-state index contributed by atoms with van der Waals surface area (Å²) in [4.78, 5) is 40.4. The number of esters is 1. The van der Waals surface area contributed by atoms with E-state index in [4.69, 9.17) is 4.74 Å². The SMILES string of the molecule is CCOC(=O)c1ccc(NC(=O)Cn2nc(-c3ccccn3)n(C)c2=O)cc1. The van der Waals surface area contributed by atoms with Crippen molar-refractivity contribution >= 4 is 17.6 Å². The Labute approximate surface area is 160 Å². The van der Waals surface area contributed by atoms with Crippen molar-refractivity contribution in [1.29, 1.82) is 0 Å². The molecule has 1 N–H and O–H groups in total. The number of rotatable bonds is 6. The predicted molar refractivity (Wildman–Crippen MR) is 102 cm³/mol. The van der Waals surface area contributed by atoms with Crippen molar-refractivity contribution < 1.29 is 14.3 Å². The van der Waals surface area contributed by atoms with Crippen LogP contribution in [0.1, 0.15) is 17.3 Å². The highest BCUT2D eigenvalue weighted by molar-refractivity contribution is 5.92. The van der Waals surface area contributed by atoms with E-state index in [1.807, 2.05) is 0 Å². The lowest BCUT2D eigenvalue weighted by Crippen LogP contribution is -2.29. The molecule has 2 heterocycles. The van der Waals surface area contributed by atoms with Crippen LogP contribution < -0.4 is 11.0 Å². The third-order valence-corrected chi connectivity index (χ3v) is 3.91. The molecule has 3 aromatic rings. The fourth-order valence-electron chi connectivity index (χ4n) is 2.55. The number of anilines is 1. The first-order chi connectivity index (χ1) is 13.5. The number of hydrogen-bond acceptors (Lipinski definition) is 6. The van der Waals surface area contributed by atoms with Gasteiger partial charge in [0.05, 0.1) is 12.2 Å². The summed E-state index contributed by atoms with van der Waals surface area (Å²) in [5, 5.41) is 6.87. The zero-order valence-electron chi connectivity index (χ0n) is 15.5. The topological polar surface area (TPSA) is 108 Å². The van der Waals surface area contributed by atoms with Crippen LogP contribution in [0.3, 0.4) is 0 Å². The van der Waals surface area contributed by atoms with Crippen LogP contribution >= 0.6 is 0 Å². The lowest BCUT2D eigenvalue weighted by molar-refractivity contribution is -0.117. The quantitative estimate of drug-likeness (QED) is 0.648. The number of ether oxygens (including phenoxy) is 1. The Morgan fingerprint density at radius 2 is 1.89 bits per heavy atom. The maximum atomic E-state index is 12.3. The molecule has 2 aromatic heterocycles. The van der Waals surface area contributed by atoms with Gasteiger partial charge in [-0.3, -0.25) is 14.3 Å². The highest BCUT2D eigenvalue weighted by Gasteiger charge is 2.15. The van der Waals surface area contributed by atoms with Gasteiger partial charge >= 0.3 is 11.7 Å². The number of carbonyl (C=O) groups excluding carboxylic acids is 2. The number of nitrogens with one attached hydrogen (secondary N) is 1. The standard InChI is InChI=1S/C19H19N5O4/c1-3-28-18(26)13-7-9-14(10-8-13)21-16(25)12-24-19(27)23(2)17(22-24)15-6-4-5-11-20-15/h4-11H,3,12H2,1-2H3,(H,21,25). The molecule has 0 saturated heterocycles. The van der Waals surface area contributed by atoms with Crippen molar-refractivity contribution in [2.24, 2.45) is 7.05 Å². The van der Waals surface area contributed by atoms with Gasteiger partial charge in [-0.1, -0.05) is 6.07 Å². The normalized spacial score (nSPS) is 10.5. The molecule has 0 aliphatic rings. The molecule has 9 nitrogen and oxygen atoms in total. The first kappa shape index (κ1) is 19.0. The van der Waals surface area contributed by atoms with Crippen molar-refractivity contribution in [3.63, 3.8) is 0 Å². The first-order valence-electron chi connectivity index (χ1n) is 8.62. The van der Waals surface area contributed by atoms with Crippen LogP contribution in [-0.2, 0) is 23.1 Å². The molecule has 0 atom stereocenters. The van der Waals surface area contributed by atoms with Gasteiger partial charge in [-0.2, -0.15) is 0 Å². The maximum Gasteiger partial charge on any atom is 0.346 e. The summed E-state index contributed by atoms with van der Waals surface area (Å²) in [5.74, 6) is -0.476. The zero-order chi connectivity index (χ0) is 20.1. The number of pyridine rings is 1. The van der Waals surface area contributed by atoms with Crippen LogP contribution in [0.15, 0.2) is 53.5 Å². The van der Waals surface area contributed by atoms with E-state index in [0.29, 0.717) is 22.8 Å². The van der Waals surface area contributed by atoms with Gasteiger partial charge in [0.25, 0.3) is 0 Å². The smallest absolute Gasteiger partial charge is 0.346 e. The minimum Gasteiger partial charge on any atom is -0.462 e. The van der Waals surface area contributed by atoms with Crippen molar-refractivity contribution in [3.05, 3.63) is 64.7 Å². The van der Waals surface area contributed by atoms with E-state index in [0.717, 1.165) is 4.68 Å². The van der Waals surface area contributed by atoms with Gasteiger partial charge in [0, 0.05) is 18.9 Å². The summed E-state index contributed by atoms with van der Waals surface area (Å²) in [5.41, 5.74) is 0.997. The number of aromatic nitrogens is 4. The van der Waals surface area contributed by atoms with Crippen molar-refractivity contribution in [2.75, 3.05) is 11.9 Å². The van der Waals surface area contributed by atoms with E-state index >= 15 is 0 Å². The van der Waals surface area contributed by atoms with Crippen LogP contribution in [0.25, 0.3) is 11.5 Å². The van der Waals surface area contributed by atoms with Crippen molar-refractivity contribution in [3.8, 4) is 11.5 Å². The molecule has 9 heteroatoms. The van der Waals surface area contributed by atoms with E-state index in [1.165, 1.54) is 4.57 Å². The van der Waals surface area contributed by atoms with Gasteiger partial charge in [-0.05, 0) is 43.3 Å². The molecule has 0 radical (unpaired) electrons. The van der Waals surface area contributed by atoms with Crippen molar-refractivity contribution in [2.45, 2.75) is 13.5 Å². The third-order valence-electron chi connectivity index (χ3n) is 3.91. The molecule has 144 valence electrons. The number of hydrogen-bond donors (Lipinski definition) is 1. The van der Waals surface area contributed by atoms with Gasteiger partial charge in [0.2, 0.25) is 5.91 Å². The molecule has 1 amide bonds. The monoisotopic (exact) mass is 381 g/mol. The zero-order valence-corrected chi connectivity index (χ0v) is 15.5. The molecule has 0 unspecified atom stereocenters. The summed E-state index contributed by atoms with van der Waals surface area (Å²) < 4.78 is 7.32. The fraction of sp³-hybridized carbons (Fsp3) is 0.211. The summed E-state index contributed by atoms with van der Waals surface area (Å²) in [7, 11) is 1.57. The summed E-state index contributed by atoms with van der Waals surface area (Å²) >= 11 is 0. The fourth-order valence-corrected chi connectivity index (χ4v) is 2.55. The second-order valence-electron chi connectivity index (χ2n) is 5.88. The molecule has 0 aliphatic heterocycles.